The van der Waals surface area contributed by atoms with Crippen molar-refractivity contribution >= 4 is 5.91 Å². The predicted octanol–water partition coefficient (Wildman–Crippen LogP) is 2.69. The molecule has 0 heterocycles. The number of benzene rings is 1. The summed E-state index contributed by atoms with van der Waals surface area (Å²) in [6.07, 6.45) is 3.93. The number of nitrogens with two attached hydrogens (primary N) is 1. The van der Waals surface area contributed by atoms with Gasteiger partial charge in [0, 0.05) is 5.56 Å². The van der Waals surface area contributed by atoms with E-state index in [0.29, 0.717) is 0 Å². The van der Waals surface area contributed by atoms with Gasteiger partial charge in [-0.2, -0.15) is 0 Å². The Morgan fingerprint density at radius 1 is 1.13 bits per heavy atom. The van der Waals surface area contributed by atoms with E-state index in [1.54, 1.807) is 0 Å². The lowest BCUT2D eigenvalue weighted by atomic mass is 9.95. The van der Waals surface area contributed by atoms with Crippen LogP contribution in [0.15, 0.2) is 18.2 Å². The summed E-state index contributed by atoms with van der Waals surface area (Å²) in [6, 6.07) is 6.02. The molecule has 0 saturated heterocycles. The fraction of sp³-hybridized carbons (Fsp3) is 0.462. The van der Waals surface area contributed by atoms with E-state index in [1.807, 2.05) is 18.2 Å². The molecule has 0 saturated carbocycles. The number of amides is 1. The number of carbonyl (C=O) groups excluding carboxylic acids is 1. The van der Waals surface area contributed by atoms with Crippen LogP contribution in [0.3, 0.4) is 0 Å². The van der Waals surface area contributed by atoms with Crippen molar-refractivity contribution in [2.75, 3.05) is 0 Å². The van der Waals surface area contributed by atoms with Crippen LogP contribution in [-0.4, -0.2) is 5.91 Å². The average molecular weight is 205 g/mol. The first kappa shape index (κ1) is 11.8. The van der Waals surface area contributed by atoms with Gasteiger partial charge in [-0.05, 0) is 24.0 Å². The van der Waals surface area contributed by atoms with E-state index < -0.39 is 0 Å². The summed E-state index contributed by atoms with van der Waals surface area (Å²) in [7, 11) is 0. The summed E-state index contributed by atoms with van der Waals surface area (Å²) >= 11 is 0. The minimum absolute atomic E-state index is 0.289. The zero-order valence-corrected chi connectivity index (χ0v) is 9.55. The van der Waals surface area contributed by atoms with E-state index in [0.717, 1.165) is 42.4 Å². The molecule has 0 aliphatic heterocycles. The van der Waals surface area contributed by atoms with Crippen LogP contribution >= 0.6 is 0 Å². The first-order valence-electron chi connectivity index (χ1n) is 5.61. The summed E-state index contributed by atoms with van der Waals surface area (Å²) in [4.78, 5) is 11.4. The molecule has 2 heteroatoms. The van der Waals surface area contributed by atoms with Crippen LogP contribution in [0.25, 0.3) is 0 Å². The number of rotatable bonds is 5. The Balaban J connectivity index is 3.15. The zero-order valence-electron chi connectivity index (χ0n) is 9.55. The second kappa shape index (κ2) is 5.54. The molecule has 1 aromatic carbocycles. The molecule has 0 aliphatic carbocycles. The Hall–Kier alpha value is -1.31. The van der Waals surface area contributed by atoms with Gasteiger partial charge in [0.2, 0.25) is 5.91 Å². The van der Waals surface area contributed by atoms with Crippen LogP contribution in [0.1, 0.15) is 48.2 Å². The highest BCUT2D eigenvalue weighted by molar-refractivity contribution is 5.95. The first-order valence-corrected chi connectivity index (χ1v) is 5.61. The fourth-order valence-corrected chi connectivity index (χ4v) is 1.93. The lowest BCUT2D eigenvalue weighted by Crippen LogP contribution is -2.16. The molecule has 0 spiro atoms. The molecule has 2 nitrogen and oxygen atoms in total. The number of carbonyl (C=O) groups is 1. The monoisotopic (exact) mass is 205 g/mol. The van der Waals surface area contributed by atoms with Gasteiger partial charge in [0.1, 0.15) is 0 Å². The summed E-state index contributed by atoms with van der Waals surface area (Å²) in [5, 5.41) is 0. The van der Waals surface area contributed by atoms with E-state index in [2.05, 4.69) is 13.8 Å². The van der Waals surface area contributed by atoms with Crippen LogP contribution in [0.5, 0.6) is 0 Å². The molecule has 1 amide bonds. The fourth-order valence-electron chi connectivity index (χ4n) is 1.93. The molecule has 1 aromatic rings. The lowest BCUT2D eigenvalue weighted by molar-refractivity contribution is 0.0998. The van der Waals surface area contributed by atoms with Gasteiger partial charge in [0.15, 0.2) is 0 Å². The third kappa shape index (κ3) is 2.82. The van der Waals surface area contributed by atoms with Gasteiger partial charge in [0.05, 0.1) is 0 Å². The van der Waals surface area contributed by atoms with Crippen molar-refractivity contribution in [3.63, 3.8) is 0 Å². The van der Waals surface area contributed by atoms with Crippen molar-refractivity contribution in [1.82, 2.24) is 0 Å². The molecule has 0 bridgehead atoms. The van der Waals surface area contributed by atoms with Crippen LogP contribution in [-0.2, 0) is 12.8 Å². The maximum absolute atomic E-state index is 11.4. The zero-order chi connectivity index (χ0) is 11.3. The van der Waals surface area contributed by atoms with Crippen molar-refractivity contribution in [3.05, 3.63) is 34.9 Å². The second-order valence-electron chi connectivity index (χ2n) is 3.82. The summed E-state index contributed by atoms with van der Waals surface area (Å²) in [5.41, 5.74) is 8.38. The maximum Gasteiger partial charge on any atom is 0.249 e. The molecule has 15 heavy (non-hydrogen) atoms. The Labute approximate surface area is 91.5 Å². The highest BCUT2D eigenvalue weighted by atomic mass is 16.1. The summed E-state index contributed by atoms with van der Waals surface area (Å²) in [6.45, 7) is 4.22. The van der Waals surface area contributed by atoms with Crippen molar-refractivity contribution in [2.45, 2.75) is 39.5 Å². The maximum atomic E-state index is 11.4. The van der Waals surface area contributed by atoms with Gasteiger partial charge in [-0.3, -0.25) is 4.79 Å². The van der Waals surface area contributed by atoms with Crippen molar-refractivity contribution in [2.24, 2.45) is 5.73 Å². The van der Waals surface area contributed by atoms with Gasteiger partial charge in [-0.1, -0.05) is 44.9 Å². The largest absolute Gasteiger partial charge is 0.366 e. The molecule has 0 aliphatic rings. The molecule has 0 unspecified atom stereocenters. The molecular weight excluding hydrogens is 186 g/mol. The molecule has 0 atom stereocenters. The molecule has 2 N–H and O–H groups in total. The van der Waals surface area contributed by atoms with Gasteiger partial charge in [-0.25, -0.2) is 0 Å². The Bertz CT molecular complexity index is 320. The smallest absolute Gasteiger partial charge is 0.249 e. The Kier molecular flexibility index (Phi) is 4.35. The van der Waals surface area contributed by atoms with Gasteiger partial charge < -0.3 is 5.73 Å². The highest BCUT2D eigenvalue weighted by Gasteiger charge is 2.11. The lowest BCUT2D eigenvalue weighted by Gasteiger charge is -2.10. The molecule has 0 radical (unpaired) electrons. The quantitative estimate of drug-likeness (QED) is 0.789. The normalized spacial score (nSPS) is 10.3. The minimum Gasteiger partial charge on any atom is -0.366 e. The number of primary amides is 1. The van der Waals surface area contributed by atoms with E-state index in [-0.39, 0.29) is 5.91 Å². The minimum atomic E-state index is -0.289. The van der Waals surface area contributed by atoms with Crippen molar-refractivity contribution in [3.8, 4) is 0 Å². The van der Waals surface area contributed by atoms with E-state index in [1.165, 1.54) is 0 Å². The van der Waals surface area contributed by atoms with E-state index >= 15 is 0 Å². The van der Waals surface area contributed by atoms with Crippen LogP contribution < -0.4 is 5.73 Å². The molecule has 0 fully saturated rings. The highest BCUT2D eigenvalue weighted by Crippen LogP contribution is 2.17. The topological polar surface area (TPSA) is 43.1 Å². The average Bonchev–Trinajstić information content (AvgIpc) is 2.18. The summed E-state index contributed by atoms with van der Waals surface area (Å²) < 4.78 is 0. The van der Waals surface area contributed by atoms with Gasteiger partial charge in [0.25, 0.3) is 0 Å². The Morgan fingerprint density at radius 3 is 1.93 bits per heavy atom. The number of hydrogen-bond donors (Lipinski definition) is 1. The second-order valence-corrected chi connectivity index (χ2v) is 3.82. The summed E-state index contributed by atoms with van der Waals surface area (Å²) in [5.74, 6) is -0.289. The SMILES string of the molecule is CCCc1cccc(CCC)c1C(N)=O. The van der Waals surface area contributed by atoms with Gasteiger partial charge in [-0.15, -0.1) is 0 Å². The molecule has 82 valence electrons. The Morgan fingerprint density at radius 2 is 1.60 bits per heavy atom. The number of aryl methyl sites for hydroxylation is 2. The number of hydrogen-bond acceptors (Lipinski definition) is 1. The van der Waals surface area contributed by atoms with Crippen molar-refractivity contribution in [1.29, 1.82) is 0 Å². The standard InChI is InChI=1S/C13H19NO/c1-3-6-10-8-5-9-11(7-4-2)12(10)13(14)15/h5,8-9H,3-4,6-7H2,1-2H3,(H2,14,15). The first-order chi connectivity index (χ1) is 7.20. The van der Waals surface area contributed by atoms with Crippen LogP contribution in [0.4, 0.5) is 0 Å². The third-order valence-electron chi connectivity index (χ3n) is 2.52. The van der Waals surface area contributed by atoms with Crippen molar-refractivity contribution < 1.29 is 4.79 Å². The van der Waals surface area contributed by atoms with Crippen LogP contribution in [0.2, 0.25) is 0 Å². The van der Waals surface area contributed by atoms with E-state index in [4.69, 9.17) is 5.73 Å². The van der Waals surface area contributed by atoms with Crippen LogP contribution in [0, 0.1) is 0 Å². The molecule has 1 rings (SSSR count). The predicted molar refractivity (Wildman–Crippen MR) is 62.9 cm³/mol. The van der Waals surface area contributed by atoms with Gasteiger partial charge >= 0.3 is 0 Å². The third-order valence-corrected chi connectivity index (χ3v) is 2.52. The molecule has 0 aromatic heterocycles. The molecular formula is C13H19NO. The van der Waals surface area contributed by atoms with E-state index in [9.17, 15) is 4.79 Å².